The summed E-state index contributed by atoms with van der Waals surface area (Å²) in [4.78, 5) is 4.82. The third kappa shape index (κ3) is 2.05. The van der Waals surface area contributed by atoms with Crippen LogP contribution in [-0.2, 0) is 5.41 Å². The maximum Gasteiger partial charge on any atom is 0.109 e. The Labute approximate surface area is 131 Å². The van der Waals surface area contributed by atoms with Gasteiger partial charge in [0, 0.05) is 23.8 Å². The molecule has 4 rings (SSSR count). The lowest BCUT2D eigenvalue weighted by Crippen LogP contribution is -2.50. The summed E-state index contributed by atoms with van der Waals surface area (Å²) in [5.41, 5.74) is 2.60. The number of nitrogens with one attached hydrogen (secondary N) is 2. The molecule has 0 radical (unpaired) electrons. The number of amidine groups is 1. The molecule has 1 aromatic rings. The second-order valence-corrected chi connectivity index (χ2v) is 6.94. The molecule has 1 atom stereocenters. The van der Waals surface area contributed by atoms with Crippen LogP contribution in [0.4, 0.5) is 5.69 Å². The van der Waals surface area contributed by atoms with Crippen molar-refractivity contribution in [1.82, 2.24) is 5.32 Å². The van der Waals surface area contributed by atoms with E-state index in [0.29, 0.717) is 5.92 Å². The zero-order valence-corrected chi connectivity index (χ0v) is 13.0. The molecule has 1 saturated carbocycles. The van der Waals surface area contributed by atoms with E-state index in [0.717, 1.165) is 24.7 Å². The van der Waals surface area contributed by atoms with Crippen LogP contribution in [0.2, 0.25) is 5.02 Å². The molecule has 3 nitrogen and oxygen atoms in total. The normalized spacial score (nSPS) is 28.7. The van der Waals surface area contributed by atoms with E-state index >= 15 is 0 Å². The minimum atomic E-state index is 0.0111. The summed E-state index contributed by atoms with van der Waals surface area (Å²) >= 11 is 6.31. The van der Waals surface area contributed by atoms with Crippen LogP contribution < -0.4 is 10.6 Å². The lowest BCUT2D eigenvalue weighted by molar-refractivity contribution is 0.273. The predicted octanol–water partition coefficient (Wildman–Crippen LogP) is 3.59. The molecule has 2 aliphatic heterocycles. The Morgan fingerprint density at radius 3 is 2.76 bits per heavy atom. The van der Waals surface area contributed by atoms with Crippen molar-refractivity contribution in [3.05, 3.63) is 28.8 Å². The summed E-state index contributed by atoms with van der Waals surface area (Å²) in [6.45, 7) is 2.83. The molecular formula is C17H22ClN3. The maximum atomic E-state index is 6.31. The Morgan fingerprint density at radius 1 is 1.14 bits per heavy atom. The molecule has 112 valence electrons. The van der Waals surface area contributed by atoms with Gasteiger partial charge in [-0.2, -0.15) is 0 Å². The highest BCUT2D eigenvalue weighted by Gasteiger charge is 2.50. The van der Waals surface area contributed by atoms with Gasteiger partial charge in [-0.05, 0) is 42.5 Å². The second kappa shape index (κ2) is 5.20. The average Bonchev–Trinajstić information content (AvgIpc) is 3.16. The molecule has 0 saturated heterocycles. The van der Waals surface area contributed by atoms with Gasteiger partial charge < -0.3 is 10.6 Å². The highest BCUT2D eigenvalue weighted by atomic mass is 35.5. The number of halogens is 1. The van der Waals surface area contributed by atoms with Gasteiger partial charge in [-0.25, -0.2) is 0 Å². The first-order valence-corrected chi connectivity index (χ1v) is 8.51. The van der Waals surface area contributed by atoms with Crippen LogP contribution in [0.5, 0.6) is 0 Å². The molecule has 3 aliphatic rings. The molecule has 0 amide bonds. The third-order valence-electron chi connectivity index (χ3n) is 5.42. The van der Waals surface area contributed by atoms with E-state index in [1.54, 1.807) is 0 Å². The van der Waals surface area contributed by atoms with Gasteiger partial charge in [0.25, 0.3) is 0 Å². The molecule has 2 N–H and O–H groups in total. The zero-order chi connectivity index (χ0) is 14.3. The van der Waals surface area contributed by atoms with E-state index in [1.165, 1.54) is 49.2 Å². The van der Waals surface area contributed by atoms with E-state index in [2.05, 4.69) is 22.8 Å². The molecule has 1 unspecified atom stereocenters. The monoisotopic (exact) mass is 303 g/mol. The summed E-state index contributed by atoms with van der Waals surface area (Å²) in [5.74, 6) is 1.87. The first kappa shape index (κ1) is 13.4. The van der Waals surface area contributed by atoms with Crippen molar-refractivity contribution in [2.75, 3.05) is 25.0 Å². The Balaban J connectivity index is 1.84. The highest BCUT2D eigenvalue weighted by molar-refractivity contribution is 6.30. The van der Waals surface area contributed by atoms with E-state index in [4.69, 9.17) is 16.6 Å². The fourth-order valence-corrected chi connectivity index (χ4v) is 4.60. The second-order valence-electron chi connectivity index (χ2n) is 6.51. The summed E-state index contributed by atoms with van der Waals surface area (Å²) in [6, 6.07) is 6.26. The van der Waals surface area contributed by atoms with Crippen molar-refractivity contribution in [3.63, 3.8) is 0 Å². The van der Waals surface area contributed by atoms with Crippen LogP contribution in [0.25, 0.3) is 0 Å². The smallest absolute Gasteiger partial charge is 0.109 e. The summed E-state index contributed by atoms with van der Waals surface area (Å²) in [6.07, 6.45) is 6.66. The van der Waals surface area contributed by atoms with Crippen LogP contribution in [0.1, 0.15) is 37.7 Å². The van der Waals surface area contributed by atoms with E-state index in [1.807, 2.05) is 6.07 Å². The highest BCUT2D eigenvalue weighted by Crippen LogP contribution is 2.48. The van der Waals surface area contributed by atoms with Gasteiger partial charge >= 0.3 is 0 Å². The van der Waals surface area contributed by atoms with E-state index in [-0.39, 0.29) is 5.41 Å². The molecule has 1 aromatic carbocycles. The van der Waals surface area contributed by atoms with Crippen molar-refractivity contribution < 1.29 is 0 Å². The number of benzene rings is 1. The van der Waals surface area contributed by atoms with Crippen LogP contribution >= 0.6 is 11.6 Å². The number of anilines is 1. The Kier molecular flexibility index (Phi) is 3.33. The maximum absolute atomic E-state index is 6.31. The van der Waals surface area contributed by atoms with Crippen molar-refractivity contribution in [1.29, 1.82) is 0 Å². The molecule has 0 aromatic heterocycles. The number of nitrogens with zero attached hydrogens (tertiary/aromatic N) is 1. The fourth-order valence-electron chi connectivity index (χ4n) is 4.43. The molecule has 1 aliphatic carbocycles. The van der Waals surface area contributed by atoms with Crippen LogP contribution in [0.15, 0.2) is 23.2 Å². The Hall–Kier alpha value is -1.22. The van der Waals surface area contributed by atoms with Crippen LogP contribution in [-0.4, -0.2) is 25.5 Å². The van der Waals surface area contributed by atoms with Gasteiger partial charge in [-0.1, -0.05) is 30.9 Å². The van der Waals surface area contributed by atoms with Gasteiger partial charge in [-0.3, -0.25) is 4.99 Å². The summed E-state index contributed by atoms with van der Waals surface area (Å²) in [5, 5.41) is 8.01. The van der Waals surface area contributed by atoms with Crippen molar-refractivity contribution in [2.24, 2.45) is 10.9 Å². The molecule has 0 bridgehead atoms. The van der Waals surface area contributed by atoms with E-state index < -0.39 is 0 Å². The average molecular weight is 304 g/mol. The number of hydrogen-bond donors (Lipinski definition) is 2. The number of fused-ring (bicyclic) bond motifs is 1. The molecule has 21 heavy (non-hydrogen) atoms. The number of aliphatic imine (C=N–C) groups is 1. The number of rotatable bonds is 2. The SMILES string of the molecule is Clc1ccc2c(c1)C(C1=NCCN1)(C1CCCCC1)CN2. The van der Waals surface area contributed by atoms with Gasteiger partial charge in [0.15, 0.2) is 0 Å². The third-order valence-corrected chi connectivity index (χ3v) is 5.65. The van der Waals surface area contributed by atoms with Gasteiger partial charge in [0.1, 0.15) is 5.84 Å². The lowest BCUT2D eigenvalue weighted by atomic mass is 9.65. The summed E-state index contributed by atoms with van der Waals surface area (Å²) in [7, 11) is 0. The number of hydrogen-bond acceptors (Lipinski definition) is 3. The van der Waals surface area contributed by atoms with E-state index in [9.17, 15) is 0 Å². The molecule has 2 heterocycles. The molecule has 4 heteroatoms. The minimum absolute atomic E-state index is 0.0111. The fraction of sp³-hybridized carbons (Fsp3) is 0.588. The Bertz CT molecular complexity index is 577. The standard InChI is InChI=1S/C17H22ClN3/c18-13-6-7-15-14(10-13)17(11-21-15,16-19-8-9-20-16)12-4-2-1-3-5-12/h6-7,10,12,21H,1-5,8-9,11H2,(H,19,20). The quantitative estimate of drug-likeness (QED) is 0.876. The van der Waals surface area contributed by atoms with Crippen molar-refractivity contribution in [2.45, 2.75) is 37.5 Å². The topological polar surface area (TPSA) is 36.4 Å². The first-order chi connectivity index (χ1) is 10.3. The molecule has 1 fully saturated rings. The van der Waals surface area contributed by atoms with Gasteiger partial charge in [-0.15, -0.1) is 0 Å². The Morgan fingerprint density at radius 2 is 2.00 bits per heavy atom. The van der Waals surface area contributed by atoms with Crippen molar-refractivity contribution in [3.8, 4) is 0 Å². The van der Waals surface area contributed by atoms with Gasteiger partial charge in [0.05, 0.1) is 12.0 Å². The molecular weight excluding hydrogens is 282 g/mol. The van der Waals surface area contributed by atoms with Gasteiger partial charge in [0.2, 0.25) is 0 Å². The molecule has 0 spiro atoms. The predicted molar refractivity (Wildman–Crippen MR) is 88.5 cm³/mol. The largest absolute Gasteiger partial charge is 0.383 e. The minimum Gasteiger partial charge on any atom is -0.383 e. The van der Waals surface area contributed by atoms with Crippen LogP contribution in [0.3, 0.4) is 0 Å². The summed E-state index contributed by atoms with van der Waals surface area (Å²) < 4.78 is 0. The lowest BCUT2D eigenvalue weighted by Gasteiger charge is -2.40. The van der Waals surface area contributed by atoms with Crippen molar-refractivity contribution >= 4 is 23.1 Å². The zero-order valence-electron chi connectivity index (χ0n) is 12.3. The van der Waals surface area contributed by atoms with Crippen LogP contribution in [0, 0.1) is 5.92 Å². The first-order valence-electron chi connectivity index (χ1n) is 8.13.